The normalized spacial score (nSPS) is 14.7. The van der Waals surface area contributed by atoms with E-state index in [1.807, 2.05) is 0 Å². The average Bonchev–Trinajstić information content (AvgIpc) is 3.04. The Morgan fingerprint density at radius 1 is 0.839 bits per heavy atom. The number of pyridine rings is 1. The van der Waals surface area contributed by atoms with E-state index in [4.69, 9.17) is 30.7 Å². The fraction of sp³-hybridized carbons (Fsp3) is 0.667. The van der Waals surface area contributed by atoms with E-state index in [9.17, 15) is 0 Å². The zero-order chi connectivity index (χ0) is 24.5. The first-order chi connectivity index (χ1) is 13.9. The molecule has 0 atom stereocenters. The molecule has 3 nitrogen and oxygen atoms in total. The zero-order valence-corrected chi connectivity index (χ0v) is 24.6. The topological polar surface area (TPSA) is 19.4 Å². The Labute approximate surface area is 213 Å². The van der Waals surface area contributed by atoms with Gasteiger partial charge in [0.1, 0.15) is 0 Å². The van der Waals surface area contributed by atoms with Gasteiger partial charge >= 0.3 is 35.0 Å². The Bertz CT molecular complexity index is 614. The van der Waals surface area contributed by atoms with Crippen LogP contribution in [0.3, 0.4) is 0 Å². The van der Waals surface area contributed by atoms with Gasteiger partial charge in [-0.15, -0.1) is 0 Å². The molecule has 1 aliphatic heterocycles. The molecule has 184 valence electrons. The number of hydrogen-bond donors (Lipinski definition) is 0. The van der Waals surface area contributed by atoms with Gasteiger partial charge in [-0.3, -0.25) is 4.98 Å². The van der Waals surface area contributed by atoms with Crippen LogP contribution < -0.4 is 0 Å². The van der Waals surface area contributed by atoms with E-state index >= 15 is 0 Å². The van der Waals surface area contributed by atoms with Crippen molar-refractivity contribution in [3.8, 4) is 0 Å². The van der Waals surface area contributed by atoms with Crippen LogP contribution in [0.5, 0.6) is 0 Å². The molecule has 0 saturated heterocycles. The van der Waals surface area contributed by atoms with Gasteiger partial charge in [0.2, 0.25) is 0 Å². The molecular weight excluding hydrogens is 543 g/mol. The van der Waals surface area contributed by atoms with E-state index < -0.39 is 0 Å². The van der Waals surface area contributed by atoms with Gasteiger partial charge in [0.15, 0.2) is 0 Å². The van der Waals surface area contributed by atoms with Crippen LogP contribution in [0.2, 0.25) is 5.02 Å². The van der Waals surface area contributed by atoms with Crippen molar-refractivity contribution in [3.63, 3.8) is 0 Å². The van der Waals surface area contributed by atoms with Gasteiger partial charge in [0.05, 0.1) is 5.02 Å². The zero-order valence-electron chi connectivity index (χ0n) is 20.7. The summed E-state index contributed by atoms with van der Waals surface area (Å²) in [5.74, 6) is 0. The summed E-state index contributed by atoms with van der Waals surface area (Å²) in [5.41, 5.74) is 0.946. The Kier molecular flexibility index (Phi) is 13.1. The molecule has 1 aromatic heterocycles. The van der Waals surface area contributed by atoms with E-state index in [0.717, 1.165) is 12.8 Å². The summed E-state index contributed by atoms with van der Waals surface area (Å²) in [6.07, 6.45) is 10.1. The van der Waals surface area contributed by atoms with Crippen molar-refractivity contribution in [1.29, 1.82) is 0 Å². The van der Waals surface area contributed by atoms with Gasteiger partial charge in [0, 0.05) is 23.5 Å². The van der Waals surface area contributed by atoms with Crippen molar-refractivity contribution >= 4 is 30.7 Å². The molecule has 2 rings (SSSR count). The van der Waals surface area contributed by atoms with Crippen molar-refractivity contribution in [2.45, 2.75) is 93.2 Å². The first-order valence-corrected chi connectivity index (χ1v) is 14.8. The van der Waals surface area contributed by atoms with Gasteiger partial charge in [-0.2, -0.15) is 6.67 Å². The molecule has 31 heavy (non-hydrogen) atoms. The molecule has 7 heteroatoms. The van der Waals surface area contributed by atoms with Gasteiger partial charge in [0.25, 0.3) is 0 Å². The minimum absolute atomic E-state index is 0.106. The standard InChI is InChI=1S/C19H37N2.C5H4ClN.2ClH.Pd/c1-16(2,3)13-18(7,8)20-11-12-21(15-20)19(9,10)14-17(4,5)6;6-5-2-1-3-7-4-5;;;/h11-12,15H,13-14H2,1-10H3;1-4H;2*1H;/q-1;;;;+2/p-2. The molecule has 0 radical (unpaired) electrons. The molecule has 0 bridgehead atoms. The first kappa shape index (κ1) is 31.0. The Morgan fingerprint density at radius 3 is 1.45 bits per heavy atom. The summed E-state index contributed by atoms with van der Waals surface area (Å²) >= 11 is 5.37. The third-order valence-corrected chi connectivity index (χ3v) is 4.81. The monoisotopic (exact) mass is 582 g/mol. The van der Waals surface area contributed by atoms with E-state index in [1.165, 1.54) is 0 Å². The van der Waals surface area contributed by atoms with Crippen molar-refractivity contribution in [2.24, 2.45) is 10.8 Å². The molecular formula is C24H41Cl3N3Pd-. The van der Waals surface area contributed by atoms with Crippen molar-refractivity contribution < 1.29 is 15.9 Å². The Morgan fingerprint density at radius 2 is 1.23 bits per heavy atom. The third kappa shape index (κ3) is 14.0. The molecule has 2 heterocycles. The summed E-state index contributed by atoms with van der Waals surface area (Å²) in [7, 11) is 9.63. The Balaban J connectivity index is 0.000000739. The molecule has 1 aliphatic rings. The fourth-order valence-corrected chi connectivity index (χ4v) is 4.32. The van der Waals surface area contributed by atoms with Crippen LogP contribution in [0.25, 0.3) is 0 Å². The second kappa shape index (κ2) is 13.0. The van der Waals surface area contributed by atoms with E-state index in [0.29, 0.717) is 15.9 Å². The number of aromatic nitrogens is 1. The molecule has 0 N–H and O–H groups in total. The SMILES string of the molecule is CC(C)(C)CC(C)(C)N1C=CN(C(C)(C)CC(C)(C)C)[CH-]1.Clc1cccnc1.[Cl][Pd][Cl]. The maximum atomic E-state index is 5.48. The van der Waals surface area contributed by atoms with Gasteiger partial charge < -0.3 is 9.80 Å². The minimum atomic E-state index is -0.106. The van der Waals surface area contributed by atoms with Crippen LogP contribution in [-0.2, 0) is 15.9 Å². The molecule has 0 amide bonds. The fourth-order valence-electron chi connectivity index (χ4n) is 4.19. The van der Waals surface area contributed by atoms with Crippen LogP contribution in [-0.4, -0.2) is 25.9 Å². The van der Waals surface area contributed by atoms with Crippen molar-refractivity contribution in [3.05, 3.63) is 48.6 Å². The van der Waals surface area contributed by atoms with Crippen LogP contribution in [0.4, 0.5) is 0 Å². The molecule has 1 aromatic rings. The molecule has 0 spiro atoms. The van der Waals surface area contributed by atoms with Crippen LogP contribution in [0, 0.1) is 17.5 Å². The number of rotatable bonds is 4. The predicted molar refractivity (Wildman–Crippen MR) is 134 cm³/mol. The van der Waals surface area contributed by atoms with Crippen molar-refractivity contribution in [2.75, 3.05) is 0 Å². The Hall–Kier alpha value is 0.0223. The quantitative estimate of drug-likeness (QED) is 0.261. The van der Waals surface area contributed by atoms with Crippen LogP contribution in [0.15, 0.2) is 36.9 Å². The molecule has 0 aromatic carbocycles. The van der Waals surface area contributed by atoms with Gasteiger partial charge in [-0.1, -0.05) is 53.1 Å². The van der Waals surface area contributed by atoms with E-state index in [2.05, 4.69) is 103 Å². The predicted octanol–water partition coefficient (Wildman–Crippen LogP) is 8.74. The van der Waals surface area contributed by atoms with E-state index in [1.54, 1.807) is 24.5 Å². The number of halogens is 3. The first-order valence-electron chi connectivity index (χ1n) is 10.4. The number of nitrogens with zero attached hydrogens (tertiary/aromatic N) is 3. The third-order valence-electron chi connectivity index (χ3n) is 4.59. The summed E-state index contributed by atoms with van der Waals surface area (Å²) in [5, 5.41) is 0.683. The van der Waals surface area contributed by atoms with E-state index in [-0.39, 0.29) is 27.0 Å². The second-order valence-corrected chi connectivity index (χ2v) is 14.3. The summed E-state index contributed by atoms with van der Waals surface area (Å²) < 4.78 is 0. The maximum absolute atomic E-state index is 5.48. The van der Waals surface area contributed by atoms with Gasteiger partial charge in [-0.25, -0.2) is 0 Å². The molecule has 0 fully saturated rings. The molecule has 0 unspecified atom stereocenters. The van der Waals surface area contributed by atoms with Crippen LogP contribution >= 0.6 is 30.7 Å². The average molecular weight is 584 g/mol. The summed E-state index contributed by atoms with van der Waals surface area (Å²) in [4.78, 5) is 8.51. The summed E-state index contributed by atoms with van der Waals surface area (Å²) in [6, 6.07) is 3.58. The second-order valence-electron chi connectivity index (χ2n) is 11.5. The molecule has 0 aliphatic carbocycles. The molecule has 0 saturated carbocycles. The number of hydrogen-bond acceptors (Lipinski definition) is 3. The van der Waals surface area contributed by atoms with Gasteiger partial charge in [-0.05, 0) is 75.9 Å². The summed E-state index contributed by atoms with van der Waals surface area (Å²) in [6.45, 7) is 25.5. The van der Waals surface area contributed by atoms with Crippen molar-refractivity contribution in [1.82, 2.24) is 14.8 Å². The van der Waals surface area contributed by atoms with Crippen LogP contribution in [0.1, 0.15) is 82.1 Å².